The van der Waals surface area contributed by atoms with Gasteiger partial charge >= 0.3 is 0 Å². The van der Waals surface area contributed by atoms with Gasteiger partial charge in [0.25, 0.3) is 0 Å². The van der Waals surface area contributed by atoms with Crippen molar-refractivity contribution in [1.29, 1.82) is 0 Å². The summed E-state index contributed by atoms with van der Waals surface area (Å²) in [5, 5.41) is 14.4. The molecule has 0 bridgehead atoms. The predicted octanol–water partition coefficient (Wildman–Crippen LogP) is 4.24. The first-order chi connectivity index (χ1) is 16.5. The molecular weight excluding hydrogens is 433 g/mol. The molecule has 3 aromatic heterocycles. The molecule has 1 aliphatic heterocycles. The van der Waals surface area contributed by atoms with Gasteiger partial charge in [-0.3, -0.25) is 5.10 Å². The average molecular weight is 462 g/mol. The summed E-state index contributed by atoms with van der Waals surface area (Å²) in [6.45, 7) is 5.56. The monoisotopic (exact) mass is 461 g/mol. The van der Waals surface area contributed by atoms with Crippen LogP contribution in [0.25, 0.3) is 10.9 Å². The summed E-state index contributed by atoms with van der Waals surface area (Å²) in [5.74, 6) is 2.71. The molecule has 10 heteroatoms. The van der Waals surface area contributed by atoms with Gasteiger partial charge in [0, 0.05) is 66.5 Å². The minimum Gasteiger partial charge on any atom is -0.359 e. The number of nitrogens with zero attached hydrogens (tertiary/aromatic N) is 5. The van der Waals surface area contributed by atoms with Crippen LogP contribution in [0, 0.1) is 12.7 Å². The number of halogens is 1. The highest BCUT2D eigenvalue weighted by Gasteiger charge is 2.26. The lowest BCUT2D eigenvalue weighted by molar-refractivity contribution is 0.312. The number of piperazine rings is 1. The molecule has 176 valence electrons. The van der Waals surface area contributed by atoms with Gasteiger partial charge in [0.1, 0.15) is 11.6 Å². The number of aromatic nitrogens is 5. The van der Waals surface area contributed by atoms with Crippen LogP contribution in [0.1, 0.15) is 30.1 Å². The number of likely N-dealkylation sites (N-methyl/N-ethyl adjacent to an activating group) is 1. The largest absolute Gasteiger partial charge is 0.359 e. The Bertz CT molecular complexity index is 1330. The smallest absolute Gasteiger partial charge is 0.231 e. The van der Waals surface area contributed by atoms with E-state index in [1.165, 1.54) is 12.8 Å². The van der Waals surface area contributed by atoms with E-state index in [9.17, 15) is 0 Å². The highest BCUT2D eigenvalue weighted by Crippen LogP contribution is 2.39. The molecule has 1 saturated carbocycles. The maximum Gasteiger partial charge on any atom is 0.231 e. The average Bonchev–Trinajstić information content (AvgIpc) is 3.45. The van der Waals surface area contributed by atoms with Crippen LogP contribution in [0.5, 0.6) is 0 Å². The van der Waals surface area contributed by atoms with Crippen LogP contribution < -0.4 is 15.5 Å². The van der Waals surface area contributed by atoms with Crippen LogP contribution in [-0.4, -0.2) is 63.3 Å². The summed E-state index contributed by atoms with van der Waals surface area (Å²) in [7, 11) is 2.12. The highest BCUT2D eigenvalue weighted by atomic mass is 19.1. The zero-order chi connectivity index (χ0) is 23.2. The van der Waals surface area contributed by atoms with Crippen molar-refractivity contribution in [3.63, 3.8) is 0 Å². The summed E-state index contributed by atoms with van der Waals surface area (Å²) < 4.78 is 15.2. The standard InChI is InChI=1S/C24H28FN9/c1-14-11-16-17(26-14)5-6-18(23(16)25)27-24-29-20(28-21-12-19(31-32-21)15-3-4-15)13-22(30-24)34-9-7-33(2)8-10-34/h5-6,11-13,15,26H,3-4,7-10H2,1-2H3,(H3,27,28,29,30,31,32). The maximum atomic E-state index is 15.2. The molecule has 0 spiro atoms. The van der Waals surface area contributed by atoms with Crippen LogP contribution in [-0.2, 0) is 0 Å². The third kappa shape index (κ3) is 4.16. The number of anilines is 5. The quantitative estimate of drug-likeness (QED) is 0.341. The van der Waals surface area contributed by atoms with Crippen molar-refractivity contribution >= 4 is 40.0 Å². The number of benzene rings is 1. The van der Waals surface area contributed by atoms with Gasteiger partial charge in [-0.25, -0.2) is 4.39 Å². The summed E-state index contributed by atoms with van der Waals surface area (Å²) in [6, 6.07) is 9.34. The van der Waals surface area contributed by atoms with Crippen LogP contribution in [0.4, 0.5) is 33.5 Å². The van der Waals surface area contributed by atoms with Crippen molar-refractivity contribution in [2.45, 2.75) is 25.7 Å². The first-order valence-electron chi connectivity index (χ1n) is 11.7. The molecule has 0 unspecified atom stereocenters. The molecular formula is C24H28FN9. The summed E-state index contributed by atoms with van der Waals surface area (Å²) >= 11 is 0. The van der Waals surface area contributed by atoms with Gasteiger partial charge in [0.05, 0.1) is 5.69 Å². The topological polar surface area (TPSA) is 101 Å². The second kappa shape index (κ2) is 8.28. The Morgan fingerprint density at radius 3 is 2.62 bits per heavy atom. The molecule has 9 nitrogen and oxygen atoms in total. The molecule has 4 N–H and O–H groups in total. The molecule has 0 amide bonds. The molecule has 0 radical (unpaired) electrons. The Balaban J connectivity index is 1.32. The molecule has 0 atom stereocenters. The van der Waals surface area contributed by atoms with Crippen LogP contribution in [0.2, 0.25) is 0 Å². The number of aromatic amines is 2. The summed E-state index contributed by atoms with van der Waals surface area (Å²) in [4.78, 5) is 17.1. The van der Waals surface area contributed by atoms with Crippen molar-refractivity contribution in [3.05, 3.63) is 47.5 Å². The SMILES string of the molecule is Cc1cc2c(F)c(Nc3nc(Nc4cc(C5CC5)[nH]n4)cc(N4CCN(C)CC4)n3)ccc2[nH]1. The van der Waals surface area contributed by atoms with Crippen LogP contribution in [0.3, 0.4) is 0 Å². The Morgan fingerprint density at radius 1 is 1.00 bits per heavy atom. The van der Waals surface area contributed by atoms with E-state index in [1.807, 2.05) is 25.1 Å². The zero-order valence-electron chi connectivity index (χ0n) is 19.3. The van der Waals surface area contributed by atoms with E-state index >= 15 is 4.39 Å². The van der Waals surface area contributed by atoms with E-state index in [-0.39, 0.29) is 5.82 Å². The molecule has 4 heterocycles. The lowest BCUT2D eigenvalue weighted by Crippen LogP contribution is -2.44. The molecule has 6 rings (SSSR count). The molecule has 2 fully saturated rings. The van der Waals surface area contributed by atoms with Crippen molar-refractivity contribution in [3.8, 4) is 0 Å². The fourth-order valence-corrected chi connectivity index (χ4v) is 4.41. The Labute approximate surface area is 196 Å². The number of rotatable bonds is 6. The summed E-state index contributed by atoms with van der Waals surface area (Å²) in [5.41, 5.74) is 3.16. The molecule has 1 aromatic carbocycles. The molecule has 1 saturated heterocycles. The number of nitrogens with one attached hydrogen (secondary N) is 4. The van der Waals surface area contributed by atoms with Crippen molar-refractivity contribution in [2.75, 3.05) is 48.8 Å². The number of H-pyrrole nitrogens is 2. The lowest BCUT2D eigenvalue weighted by Gasteiger charge is -2.33. The van der Waals surface area contributed by atoms with E-state index in [2.05, 4.69) is 47.6 Å². The minimum absolute atomic E-state index is 0.327. The number of fused-ring (bicyclic) bond motifs is 1. The van der Waals surface area contributed by atoms with Crippen LogP contribution >= 0.6 is 0 Å². The Morgan fingerprint density at radius 2 is 1.82 bits per heavy atom. The first-order valence-corrected chi connectivity index (χ1v) is 11.7. The third-order valence-corrected chi connectivity index (χ3v) is 6.53. The normalized spacial score (nSPS) is 16.9. The first kappa shape index (κ1) is 20.9. The molecule has 2 aliphatic rings. The van der Waals surface area contributed by atoms with Gasteiger partial charge in [-0.2, -0.15) is 15.1 Å². The molecule has 34 heavy (non-hydrogen) atoms. The van der Waals surface area contributed by atoms with E-state index in [0.29, 0.717) is 34.6 Å². The highest BCUT2D eigenvalue weighted by molar-refractivity contribution is 5.85. The second-order valence-electron chi connectivity index (χ2n) is 9.30. The molecule has 1 aliphatic carbocycles. The summed E-state index contributed by atoms with van der Waals surface area (Å²) in [6.07, 6.45) is 2.40. The van der Waals surface area contributed by atoms with Gasteiger partial charge < -0.3 is 25.4 Å². The van der Waals surface area contributed by atoms with E-state index in [4.69, 9.17) is 4.98 Å². The zero-order valence-corrected chi connectivity index (χ0v) is 19.3. The van der Waals surface area contributed by atoms with E-state index in [0.717, 1.165) is 48.9 Å². The van der Waals surface area contributed by atoms with Gasteiger partial charge in [0.15, 0.2) is 11.6 Å². The van der Waals surface area contributed by atoms with Gasteiger partial charge in [-0.15, -0.1) is 0 Å². The fraction of sp³-hybridized carbons (Fsp3) is 0.375. The lowest BCUT2D eigenvalue weighted by atomic mass is 10.2. The van der Waals surface area contributed by atoms with Crippen LogP contribution in [0.15, 0.2) is 30.3 Å². The van der Waals surface area contributed by atoms with Gasteiger partial charge in [0.2, 0.25) is 5.95 Å². The number of hydrogen-bond donors (Lipinski definition) is 4. The van der Waals surface area contributed by atoms with Crippen molar-refractivity contribution in [2.24, 2.45) is 0 Å². The third-order valence-electron chi connectivity index (χ3n) is 6.53. The molecule has 4 aromatic rings. The minimum atomic E-state index is -0.327. The Kier molecular flexibility index (Phi) is 5.09. The maximum absolute atomic E-state index is 15.2. The van der Waals surface area contributed by atoms with Gasteiger partial charge in [-0.1, -0.05) is 0 Å². The predicted molar refractivity (Wildman–Crippen MR) is 132 cm³/mol. The Hall–Kier alpha value is -3.66. The van der Waals surface area contributed by atoms with E-state index < -0.39 is 0 Å². The van der Waals surface area contributed by atoms with E-state index in [1.54, 1.807) is 12.1 Å². The van der Waals surface area contributed by atoms with Crippen molar-refractivity contribution < 1.29 is 4.39 Å². The van der Waals surface area contributed by atoms with Crippen molar-refractivity contribution in [1.82, 2.24) is 30.0 Å². The number of hydrogen-bond acceptors (Lipinski definition) is 7. The number of aryl methyl sites for hydroxylation is 1. The van der Waals surface area contributed by atoms with Gasteiger partial charge in [-0.05, 0) is 45.0 Å². The second-order valence-corrected chi connectivity index (χ2v) is 9.30. The fourth-order valence-electron chi connectivity index (χ4n) is 4.41.